The highest BCUT2D eigenvalue weighted by molar-refractivity contribution is 7.89. The SMILES string of the molecule is O=C(Nc1nc(-c2c[nH]c3ccccc23)cs1)C1CCN(S(=O)(=O)c2ccc(F)cc2)CC1. The highest BCUT2D eigenvalue weighted by atomic mass is 32.2. The van der Waals surface area contributed by atoms with Gasteiger partial charge in [0, 0.05) is 47.1 Å². The molecular weight excluding hydrogens is 463 g/mol. The average molecular weight is 485 g/mol. The first-order valence-corrected chi connectivity index (χ1v) is 12.8. The maximum atomic E-state index is 13.1. The summed E-state index contributed by atoms with van der Waals surface area (Å²) in [5.41, 5.74) is 2.78. The molecule has 3 heterocycles. The van der Waals surface area contributed by atoms with Crippen LogP contribution in [0.3, 0.4) is 0 Å². The number of aromatic nitrogens is 2. The summed E-state index contributed by atoms with van der Waals surface area (Å²) >= 11 is 1.36. The van der Waals surface area contributed by atoms with Gasteiger partial charge in [0.05, 0.1) is 10.6 Å². The minimum atomic E-state index is -3.70. The Balaban J connectivity index is 1.22. The Kier molecular flexibility index (Phi) is 5.73. The number of carbonyl (C=O) groups excluding carboxylic acids is 1. The fourth-order valence-corrected chi connectivity index (χ4v) is 6.24. The third-order valence-electron chi connectivity index (χ3n) is 5.88. The molecule has 1 fully saturated rings. The summed E-state index contributed by atoms with van der Waals surface area (Å²) in [6.07, 6.45) is 2.72. The number of rotatable bonds is 5. The molecule has 2 aromatic heterocycles. The van der Waals surface area contributed by atoms with Gasteiger partial charge in [-0.2, -0.15) is 4.31 Å². The van der Waals surface area contributed by atoms with E-state index in [1.165, 1.54) is 27.8 Å². The van der Waals surface area contributed by atoms with E-state index in [0.717, 1.165) is 34.3 Å². The number of benzene rings is 2. The van der Waals surface area contributed by atoms with Gasteiger partial charge in [0.1, 0.15) is 5.82 Å². The minimum absolute atomic E-state index is 0.0550. The van der Waals surface area contributed by atoms with Crippen molar-refractivity contribution in [1.29, 1.82) is 0 Å². The van der Waals surface area contributed by atoms with Gasteiger partial charge >= 0.3 is 0 Å². The monoisotopic (exact) mass is 484 g/mol. The normalized spacial score (nSPS) is 15.7. The van der Waals surface area contributed by atoms with E-state index in [9.17, 15) is 17.6 Å². The molecule has 0 bridgehead atoms. The van der Waals surface area contributed by atoms with Crippen molar-refractivity contribution in [3.63, 3.8) is 0 Å². The van der Waals surface area contributed by atoms with Crippen LogP contribution in [0.25, 0.3) is 22.2 Å². The van der Waals surface area contributed by atoms with Crippen molar-refractivity contribution in [2.45, 2.75) is 17.7 Å². The summed E-state index contributed by atoms with van der Waals surface area (Å²) in [6.45, 7) is 0.465. The number of aromatic amines is 1. The largest absolute Gasteiger partial charge is 0.360 e. The van der Waals surface area contributed by atoms with E-state index in [0.29, 0.717) is 18.0 Å². The zero-order valence-corrected chi connectivity index (χ0v) is 19.1. The van der Waals surface area contributed by atoms with E-state index in [1.807, 2.05) is 35.8 Å². The van der Waals surface area contributed by atoms with Gasteiger partial charge in [-0.3, -0.25) is 4.79 Å². The zero-order valence-electron chi connectivity index (χ0n) is 17.5. The van der Waals surface area contributed by atoms with Gasteiger partial charge in [-0.25, -0.2) is 17.8 Å². The number of H-pyrrole nitrogens is 1. The molecule has 10 heteroatoms. The fraction of sp³-hybridized carbons (Fsp3) is 0.217. The number of piperidine rings is 1. The fourth-order valence-electron chi connectivity index (χ4n) is 4.06. The second-order valence-electron chi connectivity index (χ2n) is 7.91. The minimum Gasteiger partial charge on any atom is -0.360 e. The van der Waals surface area contributed by atoms with Crippen LogP contribution < -0.4 is 5.32 Å². The quantitative estimate of drug-likeness (QED) is 0.437. The van der Waals surface area contributed by atoms with Crippen LogP contribution in [-0.4, -0.2) is 41.7 Å². The van der Waals surface area contributed by atoms with Crippen molar-refractivity contribution < 1.29 is 17.6 Å². The first-order valence-electron chi connectivity index (χ1n) is 10.5. The first kappa shape index (κ1) is 21.7. The van der Waals surface area contributed by atoms with E-state index >= 15 is 0 Å². The molecule has 0 aliphatic carbocycles. The summed E-state index contributed by atoms with van der Waals surface area (Å²) < 4.78 is 40.0. The number of para-hydroxylation sites is 1. The van der Waals surface area contributed by atoms with Gasteiger partial charge in [-0.1, -0.05) is 18.2 Å². The molecule has 7 nitrogen and oxygen atoms in total. The summed E-state index contributed by atoms with van der Waals surface area (Å²) in [6, 6.07) is 12.7. The molecule has 4 aromatic rings. The van der Waals surface area contributed by atoms with Gasteiger partial charge in [0.15, 0.2) is 5.13 Å². The van der Waals surface area contributed by atoms with Crippen molar-refractivity contribution in [2.24, 2.45) is 5.92 Å². The molecule has 1 saturated heterocycles. The molecular formula is C23H21FN4O3S2. The van der Waals surface area contributed by atoms with Gasteiger partial charge in [0.2, 0.25) is 15.9 Å². The Morgan fingerprint density at radius 2 is 1.85 bits per heavy atom. The number of anilines is 1. The first-order chi connectivity index (χ1) is 15.9. The van der Waals surface area contributed by atoms with Crippen molar-refractivity contribution >= 4 is 43.3 Å². The van der Waals surface area contributed by atoms with Crippen LogP contribution >= 0.6 is 11.3 Å². The zero-order chi connectivity index (χ0) is 23.0. The van der Waals surface area contributed by atoms with Gasteiger partial charge in [0.25, 0.3) is 0 Å². The lowest BCUT2D eigenvalue weighted by Crippen LogP contribution is -2.41. The molecule has 0 unspecified atom stereocenters. The predicted molar refractivity (Wildman–Crippen MR) is 126 cm³/mol. The van der Waals surface area contributed by atoms with Crippen LogP contribution in [0.15, 0.2) is 65.0 Å². The number of halogens is 1. The smallest absolute Gasteiger partial charge is 0.243 e. The Labute approximate surface area is 194 Å². The van der Waals surface area contributed by atoms with Crippen LogP contribution in [0.5, 0.6) is 0 Å². The lowest BCUT2D eigenvalue weighted by molar-refractivity contribution is -0.120. The lowest BCUT2D eigenvalue weighted by atomic mass is 9.97. The van der Waals surface area contributed by atoms with Crippen molar-refractivity contribution in [3.05, 3.63) is 65.9 Å². The standard InChI is InChI=1S/C23H21FN4O3S2/c24-16-5-7-17(8-6-16)33(30,31)28-11-9-15(10-12-28)22(29)27-23-26-21(14-32-23)19-13-25-20-4-2-1-3-18(19)20/h1-8,13-15,25H,9-12H2,(H,26,27,29). The van der Waals surface area contributed by atoms with Gasteiger partial charge < -0.3 is 10.3 Å². The molecule has 0 radical (unpaired) electrons. The lowest BCUT2D eigenvalue weighted by Gasteiger charge is -2.30. The third-order valence-corrected chi connectivity index (χ3v) is 8.55. The number of amides is 1. The van der Waals surface area contributed by atoms with E-state index < -0.39 is 15.8 Å². The number of sulfonamides is 1. The number of hydrogen-bond donors (Lipinski definition) is 2. The second kappa shape index (κ2) is 8.69. The molecule has 1 aliphatic rings. The van der Waals surface area contributed by atoms with E-state index in [-0.39, 0.29) is 29.8 Å². The molecule has 0 saturated carbocycles. The van der Waals surface area contributed by atoms with Gasteiger partial charge in [-0.05, 0) is 43.2 Å². The third kappa shape index (κ3) is 4.29. The molecule has 5 rings (SSSR count). The summed E-state index contributed by atoms with van der Waals surface area (Å²) in [4.78, 5) is 20.6. The molecule has 2 aromatic carbocycles. The molecule has 1 amide bonds. The number of thiazole rings is 1. The molecule has 170 valence electrons. The maximum Gasteiger partial charge on any atom is 0.243 e. The van der Waals surface area contributed by atoms with Gasteiger partial charge in [-0.15, -0.1) is 11.3 Å². The molecule has 2 N–H and O–H groups in total. The molecule has 0 atom stereocenters. The van der Waals surface area contributed by atoms with Crippen molar-refractivity contribution in [2.75, 3.05) is 18.4 Å². The summed E-state index contributed by atoms with van der Waals surface area (Å²) in [5, 5.41) is 6.37. The van der Waals surface area contributed by atoms with Crippen LogP contribution in [-0.2, 0) is 14.8 Å². The second-order valence-corrected chi connectivity index (χ2v) is 10.7. The topological polar surface area (TPSA) is 95.2 Å². The van der Waals surface area contributed by atoms with Crippen LogP contribution in [0.2, 0.25) is 0 Å². The van der Waals surface area contributed by atoms with Crippen LogP contribution in [0.4, 0.5) is 9.52 Å². The average Bonchev–Trinajstić information content (AvgIpc) is 3.46. The Bertz CT molecular complexity index is 1410. The van der Waals surface area contributed by atoms with E-state index in [1.54, 1.807) is 0 Å². The molecule has 1 aliphatic heterocycles. The summed E-state index contributed by atoms with van der Waals surface area (Å²) in [7, 11) is -3.70. The van der Waals surface area contributed by atoms with Crippen molar-refractivity contribution in [1.82, 2.24) is 14.3 Å². The Morgan fingerprint density at radius 1 is 1.12 bits per heavy atom. The molecule has 33 heavy (non-hydrogen) atoms. The van der Waals surface area contributed by atoms with Crippen LogP contribution in [0.1, 0.15) is 12.8 Å². The highest BCUT2D eigenvalue weighted by Gasteiger charge is 2.32. The van der Waals surface area contributed by atoms with E-state index in [4.69, 9.17) is 0 Å². The number of fused-ring (bicyclic) bond motifs is 1. The Hall–Kier alpha value is -3.08. The number of nitrogens with zero attached hydrogens (tertiary/aromatic N) is 2. The number of carbonyl (C=O) groups is 1. The van der Waals surface area contributed by atoms with Crippen LogP contribution in [0, 0.1) is 11.7 Å². The highest BCUT2D eigenvalue weighted by Crippen LogP contribution is 2.31. The number of hydrogen-bond acceptors (Lipinski definition) is 5. The predicted octanol–water partition coefficient (Wildman–Crippen LogP) is 4.47. The molecule has 0 spiro atoms. The maximum absolute atomic E-state index is 13.1. The Morgan fingerprint density at radius 3 is 2.61 bits per heavy atom. The van der Waals surface area contributed by atoms with E-state index in [2.05, 4.69) is 15.3 Å². The number of nitrogens with one attached hydrogen (secondary N) is 2. The summed E-state index contributed by atoms with van der Waals surface area (Å²) in [5.74, 6) is -0.946. The van der Waals surface area contributed by atoms with Crippen molar-refractivity contribution in [3.8, 4) is 11.3 Å².